The molecule has 1 saturated heterocycles. The van der Waals surface area contributed by atoms with Crippen LogP contribution in [-0.2, 0) is 0 Å². The maximum atomic E-state index is 13.5. The van der Waals surface area contributed by atoms with Crippen LogP contribution in [0.1, 0.15) is 54.9 Å². The molecule has 2 aliphatic heterocycles. The van der Waals surface area contributed by atoms with Crippen molar-refractivity contribution in [2.24, 2.45) is 0 Å². The Morgan fingerprint density at radius 2 is 2.09 bits per heavy atom. The summed E-state index contributed by atoms with van der Waals surface area (Å²) in [5, 5.41) is 1.11. The van der Waals surface area contributed by atoms with Gasteiger partial charge in [-0.25, -0.2) is 0 Å². The predicted octanol–water partition coefficient (Wildman–Crippen LogP) is 6.74. The lowest BCUT2D eigenvalue weighted by atomic mass is 9.89. The van der Waals surface area contributed by atoms with E-state index in [1.165, 1.54) is 36.9 Å². The maximum absolute atomic E-state index is 13.5. The first-order valence-electron chi connectivity index (χ1n) is 11.7. The summed E-state index contributed by atoms with van der Waals surface area (Å²) in [5.74, 6) is 0.0518. The third-order valence-electron chi connectivity index (χ3n) is 6.79. The number of furan rings is 1. The number of hydrogen-bond acceptors (Lipinski definition) is 3. The van der Waals surface area contributed by atoms with E-state index in [4.69, 9.17) is 4.42 Å². The number of nitrogens with zero attached hydrogens (tertiary/aromatic N) is 2. The Kier molecular flexibility index (Phi) is 6.37. The molecule has 2 aromatic carbocycles. The number of rotatable bonds is 5. The van der Waals surface area contributed by atoms with Gasteiger partial charge in [0.2, 0.25) is 0 Å². The molecule has 0 saturated carbocycles. The normalized spacial score (nSPS) is 18.9. The number of carbonyl (C=O) groups excluding carboxylic acids is 1. The zero-order valence-electron chi connectivity index (χ0n) is 18.5. The molecule has 0 aliphatic carbocycles. The fraction of sp³-hybridized carbons (Fsp3) is 0.370. The van der Waals surface area contributed by atoms with Gasteiger partial charge < -0.3 is 9.32 Å². The molecule has 0 radical (unpaired) electrons. The van der Waals surface area contributed by atoms with Crippen LogP contribution in [0.4, 0.5) is 5.69 Å². The zero-order valence-corrected chi connectivity index (χ0v) is 20.7. The summed E-state index contributed by atoms with van der Waals surface area (Å²) >= 11 is 2.25. The van der Waals surface area contributed by atoms with Crippen LogP contribution in [0.25, 0.3) is 16.5 Å². The lowest BCUT2D eigenvalue weighted by Gasteiger charge is -2.38. The number of benzene rings is 2. The first kappa shape index (κ1) is 21.7. The lowest BCUT2D eigenvalue weighted by molar-refractivity contribution is 0.0986. The van der Waals surface area contributed by atoms with Crippen molar-refractivity contribution in [2.75, 3.05) is 24.5 Å². The van der Waals surface area contributed by atoms with Crippen LogP contribution >= 0.6 is 22.6 Å². The molecule has 1 amide bonds. The molecule has 1 unspecified atom stereocenters. The Morgan fingerprint density at radius 3 is 2.94 bits per heavy atom. The Balaban J connectivity index is 1.50. The van der Waals surface area contributed by atoms with Gasteiger partial charge in [-0.15, -0.1) is 0 Å². The summed E-state index contributed by atoms with van der Waals surface area (Å²) in [6, 6.07) is 14.6. The molecule has 1 fully saturated rings. The van der Waals surface area contributed by atoms with Crippen LogP contribution < -0.4 is 4.90 Å². The highest BCUT2D eigenvalue weighted by molar-refractivity contribution is 14.1. The van der Waals surface area contributed by atoms with Gasteiger partial charge in [-0.3, -0.25) is 9.69 Å². The predicted molar refractivity (Wildman–Crippen MR) is 139 cm³/mol. The number of hydrogen-bond donors (Lipinski definition) is 0. The van der Waals surface area contributed by atoms with E-state index in [2.05, 4.69) is 46.6 Å². The van der Waals surface area contributed by atoms with Crippen molar-refractivity contribution in [1.29, 1.82) is 0 Å². The molecule has 2 aliphatic rings. The summed E-state index contributed by atoms with van der Waals surface area (Å²) in [7, 11) is 0. The van der Waals surface area contributed by atoms with Crippen molar-refractivity contribution in [3.8, 4) is 0 Å². The third kappa shape index (κ3) is 4.13. The minimum Gasteiger partial charge on any atom is -0.464 e. The van der Waals surface area contributed by atoms with Gasteiger partial charge in [-0.1, -0.05) is 31.6 Å². The quantitative estimate of drug-likeness (QED) is 0.337. The van der Waals surface area contributed by atoms with Gasteiger partial charge in [0.05, 0.1) is 11.8 Å². The fourth-order valence-corrected chi connectivity index (χ4v) is 5.72. The molecular weight excluding hydrogens is 511 g/mol. The molecule has 0 N–H and O–H groups in total. The van der Waals surface area contributed by atoms with E-state index in [9.17, 15) is 4.79 Å². The molecule has 3 heterocycles. The monoisotopic (exact) mass is 540 g/mol. The van der Waals surface area contributed by atoms with Crippen molar-refractivity contribution < 1.29 is 9.21 Å². The lowest BCUT2D eigenvalue weighted by Crippen LogP contribution is -2.41. The van der Waals surface area contributed by atoms with Gasteiger partial charge in [0.25, 0.3) is 5.91 Å². The SMILES string of the molecule is CCCN(C(=O)c1ccccc1I)c1ccc2occ(C3=CCN4CCCCC4C3)c2c1. The van der Waals surface area contributed by atoms with E-state index in [0.29, 0.717) is 12.6 Å². The van der Waals surface area contributed by atoms with E-state index in [-0.39, 0.29) is 5.91 Å². The van der Waals surface area contributed by atoms with Crippen molar-refractivity contribution in [2.45, 2.75) is 45.1 Å². The molecular formula is C27H29IN2O2. The largest absolute Gasteiger partial charge is 0.464 e. The average molecular weight is 540 g/mol. The van der Waals surface area contributed by atoms with Gasteiger partial charge in [-0.2, -0.15) is 0 Å². The number of halogens is 1. The van der Waals surface area contributed by atoms with Crippen LogP contribution in [-0.4, -0.2) is 36.5 Å². The van der Waals surface area contributed by atoms with Crippen LogP contribution in [0.2, 0.25) is 0 Å². The summed E-state index contributed by atoms with van der Waals surface area (Å²) in [4.78, 5) is 18.0. The van der Waals surface area contributed by atoms with Crippen molar-refractivity contribution in [1.82, 2.24) is 4.90 Å². The van der Waals surface area contributed by atoms with Crippen LogP contribution in [0.3, 0.4) is 0 Å². The number of amides is 1. The Morgan fingerprint density at radius 1 is 1.22 bits per heavy atom. The highest BCUT2D eigenvalue weighted by Gasteiger charge is 2.28. The molecule has 32 heavy (non-hydrogen) atoms. The molecule has 1 aromatic heterocycles. The van der Waals surface area contributed by atoms with Crippen LogP contribution in [0, 0.1) is 3.57 Å². The minimum absolute atomic E-state index is 0.0518. The van der Waals surface area contributed by atoms with E-state index in [0.717, 1.165) is 45.2 Å². The molecule has 5 rings (SSSR count). The molecule has 5 heteroatoms. The standard InChI is InChI=1S/C27H29IN2O2/c1-2-13-30(27(31)22-8-3-4-9-25(22)28)21-10-11-26-23(17-21)24(18-32-26)19-12-15-29-14-6-5-7-20(29)16-19/h3-4,8-12,17-18,20H,2,5-7,13-16H2,1H3. The third-order valence-corrected chi connectivity index (χ3v) is 7.73. The maximum Gasteiger partial charge on any atom is 0.259 e. The van der Waals surface area contributed by atoms with E-state index in [1.54, 1.807) is 0 Å². The zero-order chi connectivity index (χ0) is 22.1. The highest BCUT2D eigenvalue weighted by atomic mass is 127. The van der Waals surface area contributed by atoms with Crippen LogP contribution in [0.15, 0.2) is 59.2 Å². The van der Waals surface area contributed by atoms with E-state index < -0.39 is 0 Å². The summed E-state index contributed by atoms with van der Waals surface area (Å²) in [6.45, 7) is 5.04. The summed E-state index contributed by atoms with van der Waals surface area (Å²) in [5.41, 5.74) is 5.14. The second-order valence-corrected chi connectivity index (χ2v) is 10.0. The Bertz CT molecular complexity index is 1170. The second-order valence-electron chi connectivity index (χ2n) is 8.84. The number of anilines is 1. The average Bonchev–Trinajstić information content (AvgIpc) is 3.25. The van der Waals surface area contributed by atoms with Gasteiger partial charge in [0, 0.05) is 39.3 Å². The smallest absolute Gasteiger partial charge is 0.259 e. The van der Waals surface area contributed by atoms with Crippen molar-refractivity contribution >= 4 is 50.7 Å². The van der Waals surface area contributed by atoms with Crippen molar-refractivity contribution in [3.05, 3.63) is 69.5 Å². The topological polar surface area (TPSA) is 36.7 Å². The molecule has 4 nitrogen and oxygen atoms in total. The molecule has 1 atom stereocenters. The Hall–Kier alpha value is -2.12. The molecule has 0 bridgehead atoms. The van der Waals surface area contributed by atoms with Gasteiger partial charge in [-0.05, 0) is 90.7 Å². The van der Waals surface area contributed by atoms with Gasteiger partial charge in [0.15, 0.2) is 0 Å². The van der Waals surface area contributed by atoms with Gasteiger partial charge in [0.1, 0.15) is 5.58 Å². The number of fused-ring (bicyclic) bond motifs is 2. The van der Waals surface area contributed by atoms with E-state index >= 15 is 0 Å². The molecule has 0 spiro atoms. The fourth-order valence-electron chi connectivity index (χ4n) is 5.10. The molecule has 166 valence electrons. The van der Waals surface area contributed by atoms with Crippen LogP contribution in [0.5, 0.6) is 0 Å². The Labute approximate surface area is 203 Å². The minimum atomic E-state index is 0.0518. The molecule has 3 aromatic rings. The first-order valence-corrected chi connectivity index (χ1v) is 12.7. The summed E-state index contributed by atoms with van der Waals surface area (Å²) in [6.07, 6.45) is 10.2. The number of carbonyl (C=O) groups is 1. The van der Waals surface area contributed by atoms with Gasteiger partial charge >= 0.3 is 0 Å². The number of piperidine rings is 1. The summed E-state index contributed by atoms with van der Waals surface area (Å²) < 4.78 is 6.92. The first-order chi connectivity index (χ1) is 15.7. The van der Waals surface area contributed by atoms with E-state index in [1.807, 2.05) is 47.6 Å². The van der Waals surface area contributed by atoms with Crippen molar-refractivity contribution in [3.63, 3.8) is 0 Å². The second kappa shape index (κ2) is 9.40. The highest BCUT2D eigenvalue weighted by Crippen LogP contribution is 2.37.